The van der Waals surface area contributed by atoms with Crippen LogP contribution in [0.1, 0.15) is 44.5 Å². The highest BCUT2D eigenvalue weighted by molar-refractivity contribution is 9.10. The number of fused-ring (bicyclic) bond motifs is 1. The Labute approximate surface area is 244 Å². The van der Waals surface area contributed by atoms with Gasteiger partial charge in [0.2, 0.25) is 5.75 Å². The van der Waals surface area contributed by atoms with E-state index in [9.17, 15) is 19.7 Å². The normalized spacial score (nSPS) is 11.9. The Balaban J connectivity index is 1.71. The molecule has 0 aliphatic heterocycles. The lowest BCUT2D eigenvalue weighted by atomic mass is 10.1. The Kier molecular flexibility index (Phi) is 9.45. The SMILES string of the molecule is CCOc1cc(C=Nn2c([C@H](C)CC)nc3ccc(Br)cc3c2=O)cc([N+](=O)[O-])c1OCC(=O)Nc1ccccc1. The summed E-state index contributed by atoms with van der Waals surface area (Å²) in [6.45, 7) is 5.35. The van der Waals surface area contributed by atoms with Gasteiger partial charge in [0.05, 0.1) is 28.6 Å². The minimum atomic E-state index is -0.629. The van der Waals surface area contributed by atoms with Crippen molar-refractivity contribution in [3.8, 4) is 11.5 Å². The van der Waals surface area contributed by atoms with Crippen molar-refractivity contribution in [1.82, 2.24) is 9.66 Å². The number of nitro groups is 1. The zero-order chi connectivity index (χ0) is 29.5. The fraction of sp³-hybridized carbons (Fsp3) is 0.241. The molecule has 1 heterocycles. The number of halogens is 1. The lowest BCUT2D eigenvalue weighted by Crippen LogP contribution is -2.23. The fourth-order valence-corrected chi connectivity index (χ4v) is 4.35. The molecular weight excluding hydrogens is 594 g/mol. The van der Waals surface area contributed by atoms with Crippen LogP contribution in [0.25, 0.3) is 10.9 Å². The minimum Gasteiger partial charge on any atom is -0.490 e. The smallest absolute Gasteiger partial charge is 0.315 e. The molecule has 41 heavy (non-hydrogen) atoms. The van der Waals surface area contributed by atoms with Crippen molar-refractivity contribution in [1.29, 1.82) is 0 Å². The first-order chi connectivity index (χ1) is 19.7. The average molecular weight is 622 g/mol. The van der Waals surface area contributed by atoms with Gasteiger partial charge in [-0.2, -0.15) is 9.78 Å². The number of anilines is 1. The number of hydrogen-bond donors (Lipinski definition) is 1. The summed E-state index contributed by atoms with van der Waals surface area (Å²) in [5.41, 5.74) is 0.617. The van der Waals surface area contributed by atoms with Crippen LogP contribution in [0, 0.1) is 10.1 Å². The summed E-state index contributed by atoms with van der Waals surface area (Å²) >= 11 is 3.39. The standard InChI is InChI=1S/C29H28BrN5O6/c1-4-18(3)28-33-23-12-11-20(30)15-22(23)29(37)34(28)31-16-19-13-24(35(38)39)27(25(14-19)40-5-2)41-17-26(36)32-21-9-7-6-8-10-21/h6-16,18H,4-5,17H2,1-3H3,(H,32,36)/t18-/m1/s1. The van der Waals surface area contributed by atoms with Gasteiger partial charge < -0.3 is 14.8 Å². The van der Waals surface area contributed by atoms with Crippen molar-refractivity contribution >= 4 is 50.3 Å². The molecule has 0 saturated heterocycles. The predicted molar refractivity (Wildman–Crippen MR) is 160 cm³/mol. The minimum absolute atomic E-state index is 0.0609. The zero-order valence-corrected chi connectivity index (χ0v) is 24.3. The van der Waals surface area contributed by atoms with E-state index in [1.54, 1.807) is 43.3 Å². The molecule has 0 saturated carbocycles. The molecule has 11 nitrogen and oxygen atoms in total. The number of nitro benzene ring substituents is 1. The molecule has 4 aromatic rings. The molecule has 12 heteroatoms. The molecule has 4 rings (SSSR count). The Morgan fingerprint density at radius 3 is 2.61 bits per heavy atom. The van der Waals surface area contributed by atoms with Gasteiger partial charge in [0.1, 0.15) is 5.82 Å². The first-order valence-corrected chi connectivity index (χ1v) is 13.7. The highest BCUT2D eigenvalue weighted by Gasteiger charge is 2.24. The van der Waals surface area contributed by atoms with Crippen molar-refractivity contribution in [2.24, 2.45) is 5.10 Å². The predicted octanol–water partition coefficient (Wildman–Crippen LogP) is 5.88. The number of nitrogens with one attached hydrogen (secondary N) is 1. The maximum absolute atomic E-state index is 13.4. The van der Waals surface area contributed by atoms with Crippen molar-refractivity contribution in [3.63, 3.8) is 0 Å². The van der Waals surface area contributed by atoms with Gasteiger partial charge in [-0.1, -0.05) is 48.0 Å². The van der Waals surface area contributed by atoms with Crippen LogP contribution in [0.3, 0.4) is 0 Å². The molecule has 3 aromatic carbocycles. The van der Waals surface area contributed by atoms with Crippen LogP contribution in [0.5, 0.6) is 11.5 Å². The number of benzene rings is 3. The summed E-state index contributed by atoms with van der Waals surface area (Å²) in [5.74, 6) is -0.241. The average Bonchev–Trinajstić information content (AvgIpc) is 2.96. The van der Waals surface area contributed by atoms with Gasteiger partial charge in [-0.3, -0.25) is 19.7 Å². The molecule has 0 radical (unpaired) electrons. The van der Waals surface area contributed by atoms with Gasteiger partial charge in [0.15, 0.2) is 12.4 Å². The van der Waals surface area contributed by atoms with E-state index in [0.717, 1.165) is 4.47 Å². The number of carbonyl (C=O) groups excluding carboxylic acids is 1. The molecule has 0 spiro atoms. The molecule has 0 aliphatic rings. The first-order valence-electron chi connectivity index (χ1n) is 12.9. The van der Waals surface area contributed by atoms with Gasteiger partial charge in [-0.25, -0.2) is 4.98 Å². The highest BCUT2D eigenvalue weighted by Crippen LogP contribution is 2.38. The largest absolute Gasteiger partial charge is 0.490 e. The van der Waals surface area contributed by atoms with E-state index in [0.29, 0.717) is 28.8 Å². The number of amides is 1. The van der Waals surface area contributed by atoms with Gasteiger partial charge >= 0.3 is 5.69 Å². The third-order valence-corrected chi connectivity index (χ3v) is 6.66. The monoisotopic (exact) mass is 621 g/mol. The maximum atomic E-state index is 13.4. The number of nitrogens with zero attached hydrogens (tertiary/aromatic N) is 4. The Morgan fingerprint density at radius 2 is 1.93 bits per heavy atom. The molecule has 212 valence electrons. The summed E-state index contributed by atoms with van der Waals surface area (Å²) in [6, 6.07) is 16.8. The summed E-state index contributed by atoms with van der Waals surface area (Å²) in [5, 5.41) is 19.4. The summed E-state index contributed by atoms with van der Waals surface area (Å²) in [7, 11) is 0. The third-order valence-electron chi connectivity index (χ3n) is 6.17. The van der Waals surface area contributed by atoms with E-state index in [1.807, 2.05) is 26.0 Å². The van der Waals surface area contributed by atoms with Gasteiger partial charge in [0.25, 0.3) is 11.5 Å². The fourth-order valence-electron chi connectivity index (χ4n) is 3.99. The van der Waals surface area contributed by atoms with Gasteiger partial charge in [-0.15, -0.1) is 0 Å². The number of aromatic nitrogens is 2. The quantitative estimate of drug-likeness (QED) is 0.125. The van der Waals surface area contributed by atoms with Crippen molar-refractivity contribution in [3.05, 3.63) is 97.0 Å². The second-order valence-corrected chi connectivity index (χ2v) is 9.98. The second-order valence-electron chi connectivity index (χ2n) is 9.06. The van der Waals surface area contributed by atoms with Crippen molar-refractivity contribution in [2.45, 2.75) is 33.1 Å². The molecule has 1 N–H and O–H groups in total. The van der Waals surface area contributed by atoms with E-state index in [4.69, 9.17) is 9.47 Å². The second kappa shape index (κ2) is 13.2. The summed E-state index contributed by atoms with van der Waals surface area (Å²) in [4.78, 5) is 41.9. The van der Waals surface area contributed by atoms with Crippen LogP contribution in [-0.2, 0) is 4.79 Å². The Hall–Kier alpha value is -4.58. The number of hydrogen-bond acceptors (Lipinski definition) is 8. The van der Waals surface area contributed by atoms with E-state index in [2.05, 4.69) is 31.3 Å². The topological polar surface area (TPSA) is 138 Å². The molecule has 1 atom stereocenters. The number of para-hydroxylation sites is 1. The van der Waals surface area contributed by atoms with Gasteiger partial charge in [-0.05, 0) is 49.7 Å². The third kappa shape index (κ3) is 6.95. The molecule has 0 unspecified atom stereocenters. The van der Waals surface area contributed by atoms with Crippen LogP contribution in [0.15, 0.2) is 75.0 Å². The number of rotatable bonds is 11. The highest BCUT2D eigenvalue weighted by atomic mass is 79.9. The lowest BCUT2D eigenvalue weighted by molar-refractivity contribution is -0.385. The van der Waals surface area contributed by atoms with Crippen LogP contribution in [-0.4, -0.2) is 39.9 Å². The molecule has 1 aromatic heterocycles. The maximum Gasteiger partial charge on any atom is 0.315 e. The molecule has 0 aliphatic carbocycles. The summed E-state index contributed by atoms with van der Waals surface area (Å²) in [6.07, 6.45) is 2.05. The van der Waals surface area contributed by atoms with E-state index < -0.39 is 23.1 Å². The molecule has 1 amide bonds. The lowest BCUT2D eigenvalue weighted by Gasteiger charge is -2.14. The van der Waals surface area contributed by atoms with E-state index in [1.165, 1.54) is 23.0 Å². The molecule has 0 fully saturated rings. The number of carbonyl (C=O) groups is 1. The van der Waals surface area contributed by atoms with E-state index >= 15 is 0 Å². The Morgan fingerprint density at radius 1 is 1.17 bits per heavy atom. The van der Waals surface area contributed by atoms with Crippen LogP contribution in [0.2, 0.25) is 0 Å². The van der Waals surface area contributed by atoms with Crippen molar-refractivity contribution in [2.75, 3.05) is 18.5 Å². The summed E-state index contributed by atoms with van der Waals surface area (Å²) < 4.78 is 13.2. The number of ether oxygens (including phenoxy) is 2. The Bertz CT molecular complexity index is 1670. The zero-order valence-electron chi connectivity index (χ0n) is 22.7. The van der Waals surface area contributed by atoms with Crippen LogP contribution < -0.4 is 20.3 Å². The molecular formula is C29H28BrN5O6. The van der Waals surface area contributed by atoms with Crippen LogP contribution in [0.4, 0.5) is 11.4 Å². The van der Waals surface area contributed by atoms with Gasteiger partial charge in [0, 0.05) is 27.7 Å². The molecule has 0 bridgehead atoms. The van der Waals surface area contributed by atoms with E-state index in [-0.39, 0.29) is 35.1 Å². The van der Waals surface area contributed by atoms with Crippen LogP contribution >= 0.6 is 15.9 Å². The van der Waals surface area contributed by atoms with Crippen molar-refractivity contribution < 1.29 is 19.2 Å². The first kappa shape index (κ1) is 29.4.